The predicted molar refractivity (Wildman–Crippen MR) is 108 cm³/mol. The van der Waals surface area contributed by atoms with E-state index in [1.165, 1.54) is 0 Å². The molecule has 2 aromatic carbocycles. The zero-order valence-corrected chi connectivity index (χ0v) is 15.9. The van der Waals surface area contributed by atoms with Crippen LogP contribution in [0.5, 0.6) is 0 Å². The molecule has 1 saturated heterocycles. The Hall–Kier alpha value is -2.90. The number of hydrogen-bond donors (Lipinski definition) is 2. The van der Waals surface area contributed by atoms with E-state index in [-0.39, 0.29) is 11.8 Å². The molecule has 0 saturated carbocycles. The molecule has 2 amide bonds. The number of amides is 2. The number of nitrogens with zero attached hydrogens (tertiary/aromatic N) is 1. The van der Waals surface area contributed by atoms with Crippen molar-refractivity contribution in [3.05, 3.63) is 59.7 Å². The highest BCUT2D eigenvalue weighted by atomic mass is 16.5. The summed E-state index contributed by atoms with van der Waals surface area (Å²) < 4.78 is 10.3. The molecule has 1 aliphatic heterocycles. The van der Waals surface area contributed by atoms with Gasteiger partial charge in [-0.25, -0.2) is 0 Å². The van der Waals surface area contributed by atoms with E-state index < -0.39 is 0 Å². The minimum Gasteiger partial charge on any atom is -0.383 e. The Bertz CT molecular complexity index is 802. The van der Waals surface area contributed by atoms with E-state index in [0.29, 0.717) is 37.5 Å². The van der Waals surface area contributed by atoms with E-state index in [9.17, 15) is 9.59 Å². The second kappa shape index (κ2) is 9.87. The highest BCUT2D eigenvalue weighted by Crippen LogP contribution is 2.26. The molecule has 148 valence electrons. The number of hydrogen-bond acceptors (Lipinski definition) is 5. The van der Waals surface area contributed by atoms with Crippen molar-refractivity contribution >= 4 is 23.2 Å². The average Bonchev–Trinajstić information content (AvgIpc) is 2.75. The van der Waals surface area contributed by atoms with Crippen molar-refractivity contribution in [2.45, 2.75) is 0 Å². The lowest BCUT2D eigenvalue weighted by atomic mass is 10.1. The number of benzene rings is 2. The number of methoxy groups -OCH3 is 1. The van der Waals surface area contributed by atoms with Gasteiger partial charge in [-0.05, 0) is 36.4 Å². The van der Waals surface area contributed by atoms with Crippen molar-refractivity contribution in [1.82, 2.24) is 5.32 Å². The fourth-order valence-electron chi connectivity index (χ4n) is 3.00. The van der Waals surface area contributed by atoms with Crippen LogP contribution in [0.15, 0.2) is 48.5 Å². The standard InChI is InChI=1S/C21H25N3O4/c1-27-13-10-22-20(25)16-6-8-17(9-7-16)21(26)23-18-4-2-3-5-19(18)24-11-14-28-15-12-24/h2-9H,10-15H2,1H3,(H,22,25)(H,23,26). The lowest BCUT2D eigenvalue weighted by Crippen LogP contribution is -2.36. The van der Waals surface area contributed by atoms with E-state index in [2.05, 4.69) is 15.5 Å². The van der Waals surface area contributed by atoms with E-state index in [4.69, 9.17) is 9.47 Å². The van der Waals surface area contributed by atoms with Crippen molar-refractivity contribution in [2.75, 3.05) is 56.8 Å². The van der Waals surface area contributed by atoms with Gasteiger partial charge in [0.2, 0.25) is 0 Å². The maximum atomic E-state index is 12.7. The summed E-state index contributed by atoms with van der Waals surface area (Å²) in [6.07, 6.45) is 0. The molecule has 2 N–H and O–H groups in total. The molecule has 7 nitrogen and oxygen atoms in total. The first-order valence-corrected chi connectivity index (χ1v) is 9.29. The molecule has 1 fully saturated rings. The van der Waals surface area contributed by atoms with Gasteiger partial charge in [0.05, 0.1) is 31.2 Å². The molecule has 0 atom stereocenters. The number of carbonyl (C=O) groups excluding carboxylic acids is 2. The van der Waals surface area contributed by atoms with E-state index in [1.807, 2.05) is 24.3 Å². The molecule has 0 spiro atoms. The Labute approximate surface area is 164 Å². The zero-order chi connectivity index (χ0) is 19.8. The number of ether oxygens (including phenoxy) is 2. The van der Waals surface area contributed by atoms with Gasteiger partial charge in [0, 0.05) is 37.9 Å². The number of anilines is 2. The molecular formula is C21H25N3O4. The van der Waals surface area contributed by atoms with E-state index in [0.717, 1.165) is 24.5 Å². The van der Waals surface area contributed by atoms with Gasteiger partial charge < -0.3 is 25.0 Å². The van der Waals surface area contributed by atoms with Gasteiger partial charge in [0.25, 0.3) is 11.8 Å². The second-order valence-electron chi connectivity index (χ2n) is 6.40. The number of morpholine rings is 1. The number of nitrogens with one attached hydrogen (secondary N) is 2. The van der Waals surface area contributed by atoms with Crippen LogP contribution in [0.4, 0.5) is 11.4 Å². The van der Waals surface area contributed by atoms with E-state index >= 15 is 0 Å². The molecule has 0 aliphatic carbocycles. The van der Waals surface area contributed by atoms with Crippen LogP contribution in [0.1, 0.15) is 20.7 Å². The fourth-order valence-corrected chi connectivity index (χ4v) is 3.00. The fraction of sp³-hybridized carbons (Fsp3) is 0.333. The molecule has 28 heavy (non-hydrogen) atoms. The maximum Gasteiger partial charge on any atom is 0.255 e. The van der Waals surface area contributed by atoms with Crippen LogP contribution in [0, 0.1) is 0 Å². The van der Waals surface area contributed by atoms with Crippen molar-refractivity contribution < 1.29 is 19.1 Å². The molecule has 2 aromatic rings. The summed E-state index contributed by atoms with van der Waals surface area (Å²) in [5.74, 6) is -0.409. The normalized spacial score (nSPS) is 13.8. The highest BCUT2D eigenvalue weighted by molar-refractivity contribution is 6.06. The largest absolute Gasteiger partial charge is 0.383 e. The van der Waals surface area contributed by atoms with Gasteiger partial charge in [-0.3, -0.25) is 9.59 Å². The van der Waals surface area contributed by atoms with Crippen LogP contribution in [0.3, 0.4) is 0 Å². The molecule has 1 aliphatic rings. The van der Waals surface area contributed by atoms with Crippen LogP contribution in [-0.2, 0) is 9.47 Å². The molecule has 0 aromatic heterocycles. The molecule has 0 bridgehead atoms. The summed E-state index contributed by atoms with van der Waals surface area (Å²) >= 11 is 0. The summed E-state index contributed by atoms with van der Waals surface area (Å²) in [7, 11) is 1.58. The molecule has 0 unspecified atom stereocenters. The first-order chi connectivity index (χ1) is 13.7. The SMILES string of the molecule is COCCNC(=O)c1ccc(C(=O)Nc2ccccc2N2CCOCC2)cc1. The van der Waals surface area contributed by atoms with Gasteiger partial charge in [-0.15, -0.1) is 0 Å². The smallest absolute Gasteiger partial charge is 0.255 e. The minimum absolute atomic E-state index is 0.193. The third-order valence-corrected chi connectivity index (χ3v) is 4.51. The van der Waals surface area contributed by atoms with Gasteiger partial charge in [-0.2, -0.15) is 0 Å². The van der Waals surface area contributed by atoms with Gasteiger partial charge in [-0.1, -0.05) is 12.1 Å². The predicted octanol–water partition coefficient (Wildman–Crippen LogP) is 2.15. The molecular weight excluding hydrogens is 358 g/mol. The summed E-state index contributed by atoms with van der Waals surface area (Å²) in [6.45, 7) is 3.83. The van der Waals surface area contributed by atoms with Crippen LogP contribution >= 0.6 is 0 Å². The minimum atomic E-state index is -0.216. The quantitative estimate of drug-likeness (QED) is 0.716. The third-order valence-electron chi connectivity index (χ3n) is 4.51. The van der Waals surface area contributed by atoms with Crippen molar-refractivity contribution in [1.29, 1.82) is 0 Å². The van der Waals surface area contributed by atoms with Gasteiger partial charge in [0.1, 0.15) is 0 Å². The number of para-hydroxylation sites is 2. The van der Waals surface area contributed by atoms with Crippen molar-refractivity contribution in [2.24, 2.45) is 0 Å². The Morgan fingerprint density at radius 2 is 1.64 bits per heavy atom. The van der Waals surface area contributed by atoms with Crippen LogP contribution in [-0.4, -0.2) is 58.4 Å². The summed E-state index contributed by atoms with van der Waals surface area (Å²) in [6, 6.07) is 14.3. The molecule has 3 rings (SSSR count). The van der Waals surface area contributed by atoms with Crippen molar-refractivity contribution in [3.8, 4) is 0 Å². The first kappa shape index (κ1) is 19.9. The lowest BCUT2D eigenvalue weighted by Gasteiger charge is -2.30. The Morgan fingerprint density at radius 1 is 1.00 bits per heavy atom. The van der Waals surface area contributed by atoms with Crippen LogP contribution in [0.25, 0.3) is 0 Å². The lowest BCUT2D eigenvalue weighted by molar-refractivity contribution is 0.0935. The summed E-state index contributed by atoms with van der Waals surface area (Å²) in [5.41, 5.74) is 2.73. The highest BCUT2D eigenvalue weighted by Gasteiger charge is 2.16. The Kier molecular flexibility index (Phi) is 7.00. The number of carbonyl (C=O) groups is 2. The van der Waals surface area contributed by atoms with Gasteiger partial charge >= 0.3 is 0 Å². The Morgan fingerprint density at radius 3 is 2.32 bits per heavy atom. The zero-order valence-electron chi connectivity index (χ0n) is 15.9. The average molecular weight is 383 g/mol. The molecule has 7 heteroatoms. The van der Waals surface area contributed by atoms with E-state index in [1.54, 1.807) is 31.4 Å². The molecule has 0 radical (unpaired) electrons. The Balaban J connectivity index is 1.66. The van der Waals surface area contributed by atoms with Crippen LogP contribution in [0.2, 0.25) is 0 Å². The topological polar surface area (TPSA) is 79.9 Å². The number of rotatable bonds is 7. The summed E-state index contributed by atoms with van der Waals surface area (Å²) in [4.78, 5) is 26.9. The maximum absolute atomic E-state index is 12.7. The second-order valence-corrected chi connectivity index (χ2v) is 6.40. The van der Waals surface area contributed by atoms with Crippen molar-refractivity contribution in [3.63, 3.8) is 0 Å². The third kappa shape index (κ3) is 5.09. The first-order valence-electron chi connectivity index (χ1n) is 9.29. The summed E-state index contributed by atoms with van der Waals surface area (Å²) in [5, 5.41) is 5.73. The van der Waals surface area contributed by atoms with Gasteiger partial charge in [0.15, 0.2) is 0 Å². The van der Waals surface area contributed by atoms with Crippen LogP contribution < -0.4 is 15.5 Å². The molecule has 1 heterocycles. The monoisotopic (exact) mass is 383 g/mol.